The zero-order valence-electron chi connectivity index (χ0n) is 10.8. The fourth-order valence-electron chi connectivity index (χ4n) is 1.63. The lowest BCUT2D eigenvalue weighted by Crippen LogP contribution is -1.98. The van der Waals surface area contributed by atoms with Gasteiger partial charge in [0.15, 0.2) is 5.16 Å². The van der Waals surface area contributed by atoms with E-state index < -0.39 is 5.97 Å². The van der Waals surface area contributed by atoms with Crippen LogP contribution >= 0.6 is 11.8 Å². The van der Waals surface area contributed by atoms with Gasteiger partial charge in [-0.1, -0.05) is 17.8 Å². The van der Waals surface area contributed by atoms with Crippen LogP contribution in [-0.4, -0.2) is 21.0 Å². The Kier molecular flexibility index (Phi) is 4.16. The minimum Gasteiger partial charge on any atom is -0.478 e. The molecule has 19 heavy (non-hydrogen) atoms. The van der Waals surface area contributed by atoms with Crippen LogP contribution in [0.25, 0.3) is 0 Å². The summed E-state index contributed by atoms with van der Waals surface area (Å²) in [4.78, 5) is 19.4. The maximum atomic E-state index is 10.9. The van der Waals surface area contributed by atoms with E-state index >= 15 is 0 Å². The van der Waals surface area contributed by atoms with Crippen LogP contribution in [0.4, 0.5) is 0 Å². The van der Waals surface area contributed by atoms with Crippen LogP contribution in [0.3, 0.4) is 0 Å². The lowest BCUT2D eigenvalue weighted by atomic mass is 10.1. The average molecular weight is 274 g/mol. The Labute approximate surface area is 115 Å². The fourth-order valence-corrected chi connectivity index (χ4v) is 2.58. The Balaban J connectivity index is 2.10. The van der Waals surface area contributed by atoms with E-state index in [4.69, 9.17) is 5.11 Å². The maximum absolute atomic E-state index is 10.9. The molecule has 1 heterocycles. The number of aromatic carboxylic acids is 1. The molecule has 0 saturated heterocycles. The van der Waals surface area contributed by atoms with Crippen molar-refractivity contribution in [2.24, 2.45) is 0 Å². The van der Waals surface area contributed by atoms with Gasteiger partial charge in [-0.2, -0.15) is 0 Å². The zero-order valence-corrected chi connectivity index (χ0v) is 11.6. The van der Waals surface area contributed by atoms with Gasteiger partial charge in [0.25, 0.3) is 0 Å². The second-order valence-corrected chi connectivity index (χ2v) is 5.16. The third-order valence-electron chi connectivity index (χ3n) is 2.72. The van der Waals surface area contributed by atoms with E-state index in [2.05, 4.69) is 9.97 Å². The summed E-state index contributed by atoms with van der Waals surface area (Å²) in [5.41, 5.74) is 3.33. The van der Waals surface area contributed by atoms with Crippen LogP contribution in [0.15, 0.2) is 35.6 Å². The Morgan fingerprint density at radius 1 is 1.32 bits per heavy atom. The van der Waals surface area contributed by atoms with Crippen molar-refractivity contribution in [2.75, 3.05) is 0 Å². The van der Waals surface area contributed by atoms with Crippen LogP contribution < -0.4 is 0 Å². The maximum Gasteiger partial charge on any atom is 0.335 e. The molecule has 0 aliphatic rings. The standard InChI is InChI=1S/C14H14N2O2S/c1-9-7-11(13(17)18)3-4-12(9)8-19-14-15-6-5-10(2)16-14/h3-7H,8H2,1-2H3,(H,17,18). The molecule has 2 aromatic rings. The van der Waals surface area contributed by atoms with E-state index in [1.807, 2.05) is 26.0 Å². The molecule has 0 aliphatic carbocycles. The smallest absolute Gasteiger partial charge is 0.335 e. The summed E-state index contributed by atoms with van der Waals surface area (Å²) in [5, 5.41) is 9.65. The second-order valence-electron chi connectivity index (χ2n) is 4.22. The molecule has 2 rings (SSSR count). The summed E-state index contributed by atoms with van der Waals surface area (Å²) < 4.78 is 0. The Morgan fingerprint density at radius 2 is 2.11 bits per heavy atom. The molecule has 0 aliphatic heterocycles. The molecule has 98 valence electrons. The molecular weight excluding hydrogens is 260 g/mol. The monoisotopic (exact) mass is 274 g/mol. The van der Waals surface area contributed by atoms with Crippen molar-refractivity contribution >= 4 is 17.7 Å². The number of nitrogens with zero attached hydrogens (tertiary/aromatic N) is 2. The van der Waals surface area contributed by atoms with E-state index in [-0.39, 0.29) is 0 Å². The first-order valence-corrected chi connectivity index (χ1v) is 6.80. The quantitative estimate of drug-likeness (QED) is 0.685. The minimum absolute atomic E-state index is 0.318. The lowest BCUT2D eigenvalue weighted by Gasteiger charge is -2.06. The van der Waals surface area contributed by atoms with Crippen molar-refractivity contribution in [1.29, 1.82) is 0 Å². The number of thioether (sulfide) groups is 1. The molecular formula is C14H14N2O2S. The van der Waals surface area contributed by atoms with Gasteiger partial charge in [0, 0.05) is 17.6 Å². The molecule has 0 saturated carbocycles. The fraction of sp³-hybridized carbons (Fsp3) is 0.214. The second kappa shape index (κ2) is 5.84. The first-order valence-electron chi connectivity index (χ1n) is 5.81. The summed E-state index contributed by atoms with van der Waals surface area (Å²) in [6.45, 7) is 3.85. The third-order valence-corrected chi connectivity index (χ3v) is 3.63. The Hall–Kier alpha value is -1.88. The van der Waals surface area contributed by atoms with Crippen molar-refractivity contribution < 1.29 is 9.90 Å². The molecule has 0 amide bonds. The van der Waals surface area contributed by atoms with E-state index in [1.54, 1.807) is 30.1 Å². The number of hydrogen-bond donors (Lipinski definition) is 1. The van der Waals surface area contributed by atoms with Crippen LogP contribution in [0.2, 0.25) is 0 Å². The van der Waals surface area contributed by atoms with Crippen LogP contribution in [0, 0.1) is 13.8 Å². The van der Waals surface area contributed by atoms with Crippen molar-refractivity contribution in [2.45, 2.75) is 24.8 Å². The largest absolute Gasteiger partial charge is 0.478 e. The molecule has 1 aromatic carbocycles. The number of carboxylic acid groups (broad SMARTS) is 1. The number of aryl methyl sites for hydroxylation is 2. The SMILES string of the molecule is Cc1ccnc(SCc2ccc(C(=O)O)cc2C)n1. The van der Waals surface area contributed by atoms with Gasteiger partial charge in [-0.3, -0.25) is 0 Å². The highest BCUT2D eigenvalue weighted by Gasteiger charge is 2.07. The van der Waals surface area contributed by atoms with E-state index in [0.717, 1.165) is 27.7 Å². The number of carboxylic acids is 1. The van der Waals surface area contributed by atoms with Gasteiger partial charge >= 0.3 is 5.97 Å². The van der Waals surface area contributed by atoms with Gasteiger partial charge in [-0.25, -0.2) is 14.8 Å². The van der Waals surface area contributed by atoms with Crippen LogP contribution in [-0.2, 0) is 5.75 Å². The summed E-state index contributed by atoms with van der Waals surface area (Å²) in [6, 6.07) is 7.02. The topological polar surface area (TPSA) is 63.1 Å². The molecule has 0 fully saturated rings. The van der Waals surface area contributed by atoms with Crippen molar-refractivity contribution in [3.63, 3.8) is 0 Å². The first kappa shape index (κ1) is 13.5. The van der Waals surface area contributed by atoms with E-state index in [0.29, 0.717) is 5.56 Å². The minimum atomic E-state index is -0.899. The Bertz CT molecular complexity index is 614. The molecule has 0 radical (unpaired) electrons. The molecule has 5 heteroatoms. The van der Waals surface area contributed by atoms with Crippen molar-refractivity contribution in [1.82, 2.24) is 9.97 Å². The average Bonchev–Trinajstić information content (AvgIpc) is 2.37. The van der Waals surface area contributed by atoms with Crippen molar-refractivity contribution in [3.05, 3.63) is 52.8 Å². The highest BCUT2D eigenvalue weighted by molar-refractivity contribution is 7.98. The van der Waals surface area contributed by atoms with Crippen molar-refractivity contribution in [3.8, 4) is 0 Å². The van der Waals surface area contributed by atoms with Gasteiger partial charge in [0.1, 0.15) is 0 Å². The predicted octanol–water partition coefficient (Wildman–Crippen LogP) is 3.08. The Morgan fingerprint density at radius 3 is 2.74 bits per heavy atom. The summed E-state index contributed by atoms with van der Waals surface area (Å²) in [5.74, 6) is -0.167. The van der Waals surface area contributed by atoms with Gasteiger partial charge in [-0.15, -0.1) is 0 Å². The zero-order chi connectivity index (χ0) is 13.8. The summed E-state index contributed by atoms with van der Waals surface area (Å²) in [7, 11) is 0. The predicted molar refractivity (Wildman–Crippen MR) is 74.5 cm³/mol. The lowest BCUT2D eigenvalue weighted by molar-refractivity contribution is 0.0697. The first-order chi connectivity index (χ1) is 9.06. The van der Waals surface area contributed by atoms with E-state index in [9.17, 15) is 4.79 Å². The van der Waals surface area contributed by atoms with Gasteiger partial charge < -0.3 is 5.11 Å². The normalized spacial score (nSPS) is 10.4. The summed E-state index contributed by atoms with van der Waals surface area (Å²) >= 11 is 1.55. The number of hydrogen-bond acceptors (Lipinski definition) is 4. The number of aromatic nitrogens is 2. The third kappa shape index (κ3) is 3.54. The molecule has 0 unspecified atom stereocenters. The molecule has 0 atom stereocenters. The molecule has 4 nitrogen and oxygen atoms in total. The highest BCUT2D eigenvalue weighted by Crippen LogP contribution is 2.22. The molecule has 0 spiro atoms. The summed E-state index contributed by atoms with van der Waals surface area (Å²) in [6.07, 6.45) is 1.74. The number of benzene rings is 1. The van der Waals surface area contributed by atoms with Gasteiger partial charge in [0.05, 0.1) is 5.56 Å². The molecule has 1 aromatic heterocycles. The molecule has 0 bridgehead atoms. The van der Waals surface area contributed by atoms with Gasteiger partial charge in [0.2, 0.25) is 0 Å². The molecule has 1 N–H and O–H groups in total. The van der Waals surface area contributed by atoms with Crippen LogP contribution in [0.1, 0.15) is 27.2 Å². The number of carbonyl (C=O) groups is 1. The van der Waals surface area contributed by atoms with Crippen LogP contribution in [0.5, 0.6) is 0 Å². The van der Waals surface area contributed by atoms with E-state index in [1.165, 1.54) is 0 Å². The highest BCUT2D eigenvalue weighted by atomic mass is 32.2. The van der Waals surface area contributed by atoms with Gasteiger partial charge in [-0.05, 0) is 43.2 Å². The number of rotatable bonds is 4.